The highest BCUT2D eigenvalue weighted by Gasteiger charge is 2.23. The van der Waals surface area contributed by atoms with E-state index in [1.165, 1.54) is 0 Å². The Bertz CT molecular complexity index is 661. The van der Waals surface area contributed by atoms with Crippen LogP contribution in [0.4, 0.5) is 0 Å². The maximum Gasteiger partial charge on any atom is 0.260 e. The van der Waals surface area contributed by atoms with E-state index in [0.29, 0.717) is 17.4 Å². The van der Waals surface area contributed by atoms with Crippen molar-refractivity contribution in [2.45, 2.75) is 13.0 Å². The summed E-state index contributed by atoms with van der Waals surface area (Å²) in [5.41, 5.74) is 0. The minimum atomic E-state index is 0.0119. The third kappa shape index (κ3) is 4.23. The van der Waals surface area contributed by atoms with Crippen LogP contribution in [0.2, 0.25) is 0 Å². The number of benzene rings is 1. The van der Waals surface area contributed by atoms with Gasteiger partial charge >= 0.3 is 0 Å². The molecule has 1 aliphatic rings. The molecule has 0 saturated carbocycles. The number of hydrogen-bond donors (Lipinski definition) is 1. The van der Waals surface area contributed by atoms with Crippen molar-refractivity contribution in [1.29, 1.82) is 0 Å². The van der Waals surface area contributed by atoms with Gasteiger partial charge in [-0.15, -0.1) is 0 Å². The molecule has 0 bridgehead atoms. The Balaban J connectivity index is 1.51. The minimum Gasteiger partial charge on any atom is -0.484 e. The van der Waals surface area contributed by atoms with Gasteiger partial charge in [0.15, 0.2) is 6.61 Å². The van der Waals surface area contributed by atoms with Crippen LogP contribution in [0.5, 0.6) is 17.4 Å². The highest BCUT2D eigenvalue weighted by molar-refractivity contribution is 5.78. The number of carbonyl (C=O) groups excluding carboxylic acids is 1. The average Bonchev–Trinajstić information content (AvgIpc) is 2.62. The van der Waals surface area contributed by atoms with E-state index in [1.807, 2.05) is 24.0 Å². The van der Waals surface area contributed by atoms with Crippen molar-refractivity contribution in [2.24, 2.45) is 0 Å². The van der Waals surface area contributed by atoms with Gasteiger partial charge in [-0.05, 0) is 37.3 Å². The maximum atomic E-state index is 12.2. The number of piperazine rings is 1. The molecule has 0 radical (unpaired) electrons. The molecule has 2 aromatic rings. The number of pyridine rings is 1. The van der Waals surface area contributed by atoms with Crippen LogP contribution < -0.4 is 14.8 Å². The Kier molecular flexibility index (Phi) is 5.28. The van der Waals surface area contributed by atoms with Gasteiger partial charge in [-0.2, -0.15) is 0 Å². The lowest BCUT2D eigenvalue weighted by molar-refractivity contribution is -0.136. The van der Waals surface area contributed by atoms with Gasteiger partial charge < -0.3 is 19.7 Å². The monoisotopic (exact) mass is 327 g/mol. The largest absolute Gasteiger partial charge is 0.484 e. The smallest absolute Gasteiger partial charge is 0.260 e. The van der Waals surface area contributed by atoms with Gasteiger partial charge in [0.05, 0.1) is 0 Å². The molecule has 0 unspecified atom stereocenters. The van der Waals surface area contributed by atoms with Crippen LogP contribution in [-0.2, 0) is 4.79 Å². The minimum absolute atomic E-state index is 0.0119. The number of rotatable bonds is 5. The van der Waals surface area contributed by atoms with Gasteiger partial charge in [-0.1, -0.05) is 6.07 Å². The lowest BCUT2D eigenvalue weighted by Gasteiger charge is -2.33. The predicted octanol–water partition coefficient (Wildman–Crippen LogP) is 2.07. The molecule has 1 atom stereocenters. The van der Waals surface area contributed by atoms with E-state index in [-0.39, 0.29) is 18.6 Å². The van der Waals surface area contributed by atoms with Crippen LogP contribution in [0.3, 0.4) is 0 Å². The molecule has 3 rings (SSSR count). The third-order valence-electron chi connectivity index (χ3n) is 3.87. The lowest BCUT2D eigenvalue weighted by Crippen LogP contribution is -2.53. The summed E-state index contributed by atoms with van der Waals surface area (Å²) >= 11 is 0. The number of nitrogens with zero attached hydrogens (tertiary/aromatic N) is 2. The van der Waals surface area contributed by atoms with Gasteiger partial charge in [0.2, 0.25) is 5.88 Å². The molecule has 1 fully saturated rings. The summed E-state index contributed by atoms with van der Waals surface area (Å²) in [6.07, 6.45) is 1.68. The number of amides is 1. The molecular weight excluding hydrogens is 306 g/mol. The molecule has 0 aliphatic carbocycles. The van der Waals surface area contributed by atoms with Crippen LogP contribution in [0.15, 0.2) is 48.7 Å². The first-order valence-corrected chi connectivity index (χ1v) is 8.04. The summed E-state index contributed by atoms with van der Waals surface area (Å²) in [6.45, 7) is 4.46. The fraction of sp³-hybridized carbons (Fsp3) is 0.333. The van der Waals surface area contributed by atoms with E-state index < -0.39 is 0 Å². The second-order valence-electron chi connectivity index (χ2n) is 5.67. The van der Waals surface area contributed by atoms with Gasteiger partial charge in [0, 0.05) is 37.9 Å². The standard InChI is InChI=1S/C18H21N3O3/c1-14-12-19-10-11-21(14)18(22)13-23-15-5-7-16(8-6-15)24-17-4-2-3-9-20-17/h2-9,14,19H,10-13H2,1H3/t14-/m1/s1. The van der Waals surface area contributed by atoms with Crippen molar-refractivity contribution in [3.63, 3.8) is 0 Å². The maximum absolute atomic E-state index is 12.2. The van der Waals surface area contributed by atoms with Gasteiger partial charge in [0.25, 0.3) is 5.91 Å². The Morgan fingerprint density at radius 3 is 2.75 bits per heavy atom. The summed E-state index contributed by atoms with van der Waals surface area (Å²) in [4.78, 5) is 18.2. The summed E-state index contributed by atoms with van der Waals surface area (Å²) in [5.74, 6) is 1.86. The first-order valence-electron chi connectivity index (χ1n) is 8.04. The first kappa shape index (κ1) is 16.3. The van der Waals surface area contributed by atoms with Crippen molar-refractivity contribution in [3.05, 3.63) is 48.7 Å². The Morgan fingerprint density at radius 1 is 1.25 bits per heavy atom. The van der Waals surface area contributed by atoms with Crippen molar-refractivity contribution in [1.82, 2.24) is 15.2 Å². The van der Waals surface area contributed by atoms with Crippen LogP contribution in [-0.4, -0.2) is 48.1 Å². The molecule has 126 valence electrons. The van der Waals surface area contributed by atoms with Crippen molar-refractivity contribution < 1.29 is 14.3 Å². The van der Waals surface area contributed by atoms with Crippen molar-refractivity contribution in [3.8, 4) is 17.4 Å². The molecule has 1 aromatic heterocycles. The van der Waals surface area contributed by atoms with E-state index in [1.54, 1.807) is 36.5 Å². The fourth-order valence-corrected chi connectivity index (χ4v) is 2.57. The van der Waals surface area contributed by atoms with Crippen molar-refractivity contribution >= 4 is 5.91 Å². The summed E-state index contributed by atoms with van der Waals surface area (Å²) in [6, 6.07) is 12.8. The first-order chi connectivity index (χ1) is 11.7. The Morgan fingerprint density at radius 2 is 2.04 bits per heavy atom. The molecule has 1 aromatic carbocycles. The summed E-state index contributed by atoms with van der Waals surface area (Å²) < 4.78 is 11.2. The van der Waals surface area contributed by atoms with E-state index in [4.69, 9.17) is 9.47 Å². The number of hydrogen-bond acceptors (Lipinski definition) is 5. The SMILES string of the molecule is C[C@@H]1CNCCN1C(=O)COc1ccc(Oc2ccccn2)cc1. The molecule has 24 heavy (non-hydrogen) atoms. The fourth-order valence-electron chi connectivity index (χ4n) is 2.57. The molecule has 1 amide bonds. The highest BCUT2D eigenvalue weighted by Crippen LogP contribution is 2.22. The van der Waals surface area contributed by atoms with Gasteiger partial charge in [-0.25, -0.2) is 4.98 Å². The topological polar surface area (TPSA) is 63.7 Å². The average molecular weight is 327 g/mol. The van der Waals surface area contributed by atoms with Gasteiger partial charge in [-0.3, -0.25) is 4.79 Å². The molecule has 6 nitrogen and oxygen atoms in total. The summed E-state index contributed by atoms with van der Waals surface area (Å²) in [7, 11) is 0. The van der Waals surface area contributed by atoms with E-state index >= 15 is 0 Å². The lowest BCUT2D eigenvalue weighted by atomic mass is 10.2. The zero-order chi connectivity index (χ0) is 16.8. The third-order valence-corrected chi connectivity index (χ3v) is 3.87. The predicted molar refractivity (Wildman–Crippen MR) is 90.3 cm³/mol. The normalized spacial score (nSPS) is 17.4. The van der Waals surface area contributed by atoms with Crippen molar-refractivity contribution in [2.75, 3.05) is 26.2 Å². The molecule has 1 saturated heterocycles. The van der Waals surface area contributed by atoms with Crippen LogP contribution in [0, 0.1) is 0 Å². The van der Waals surface area contributed by atoms with E-state index in [2.05, 4.69) is 10.3 Å². The second-order valence-corrected chi connectivity index (χ2v) is 5.67. The Hall–Kier alpha value is -2.60. The molecule has 0 spiro atoms. The molecule has 1 aliphatic heterocycles. The number of aromatic nitrogens is 1. The van der Waals surface area contributed by atoms with E-state index in [9.17, 15) is 4.79 Å². The quantitative estimate of drug-likeness (QED) is 0.911. The van der Waals surface area contributed by atoms with E-state index in [0.717, 1.165) is 19.6 Å². The van der Waals surface area contributed by atoms with Gasteiger partial charge in [0.1, 0.15) is 11.5 Å². The molecular formula is C18H21N3O3. The molecule has 1 N–H and O–H groups in total. The zero-order valence-electron chi connectivity index (χ0n) is 13.6. The highest BCUT2D eigenvalue weighted by atomic mass is 16.5. The summed E-state index contributed by atoms with van der Waals surface area (Å²) in [5, 5.41) is 3.27. The van der Waals surface area contributed by atoms with Crippen LogP contribution in [0.25, 0.3) is 0 Å². The number of carbonyl (C=O) groups is 1. The number of nitrogens with one attached hydrogen (secondary N) is 1. The second kappa shape index (κ2) is 7.79. The van der Waals surface area contributed by atoms with Crippen LogP contribution >= 0.6 is 0 Å². The van der Waals surface area contributed by atoms with Crippen LogP contribution in [0.1, 0.15) is 6.92 Å². The molecule has 2 heterocycles. The number of ether oxygens (including phenoxy) is 2. The zero-order valence-corrected chi connectivity index (χ0v) is 13.6. The molecule has 6 heteroatoms. The Labute approximate surface area is 141 Å².